The Hall–Kier alpha value is -2.62. The molecule has 130 valence electrons. The van der Waals surface area contributed by atoms with Crippen LogP contribution >= 0.6 is 0 Å². The third kappa shape index (κ3) is 4.08. The minimum atomic E-state index is 0.0626. The van der Waals surface area contributed by atoms with Crippen LogP contribution in [0.4, 0.5) is 0 Å². The lowest BCUT2D eigenvalue weighted by Gasteiger charge is -2.09. The Kier molecular flexibility index (Phi) is 5.17. The van der Waals surface area contributed by atoms with Gasteiger partial charge in [-0.3, -0.25) is 0 Å². The Morgan fingerprint density at radius 3 is 2.24 bits per heavy atom. The minimum absolute atomic E-state index is 0.0626. The molecular weight excluding hydrogens is 312 g/mol. The molecule has 25 heavy (non-hydrogen) atoms. The van der Waals surface area contributed by atoms with Crippen LogP contribution in [-0.2, 0) is 6.42 Å². The van der Waals surface area contributed by atoms with Gasteiger partial charge in [-0.1, -0.05) is 43.3 Å². The molecule has 1 unspecified atom stereocenters. The van der Waals surface area contributed by atoms with Crippen LogP contribution in [0.1, 0.15) is 43.7 Å². The lowest BCUT2D eigenvalue weighted by molar-refractivity contribution is 0.371. The number of nitrogens with zero attached hydrogens (tertiary/aromatic N) is 2. The molecule has 0 aliphatic heterocycles. The zero-order valence-electron chi connectivity index (χ0n) is 15.2. The van der Waals surface area contributed by atoms with Gasteiger partial charge in [0.15, 0.2) is 0 Å². The molecule has 0 radical (unpaired) electrons. The second kappa shape index (κ2) is 7.51. The number of aromatic nitrogens is 2. The van der Waals surface area contributed by atoms with Crippen LogP contribution in [0.3, 0.4) is 0 Å². The third-order valence-corrected chi connectivity index (χ3v) is 4.28. The van der Waals surface area contributed by atoms with Crippen molar-refractivity contribution in [2.75, 3.05) is 7.11 Å². The van der Waals surface area contributed by atoms with Gasteiger partial charge in [-0.25, -0.2) is 0 Å². The Morgan fingerprint density at radius 1 is 0.960 bits per heavy atom. The normalized spacial score (nSPS) is 12.4. The second-order valence-corrected chi connectivity index (χ2v) is 6.75. The van der Waals surface area contributed by atoms with E-state index in [2.05, 4.69) is 55.2 Å². The highest BCUT2D eigenvalue weighted by molar-refractivity contribution is 5.55. The summed E-state index contributed by atoms with van der Waals surface area (Å²) >= 11 is 0. The van der Waals surface area contributed by atoms with E-state index in [0.717, 1.165) is 17.7 Å². The van der Waals surface area contributed by atoms with Gasteiger partial charge < -0.3 is 9.26 Å². The fraction of sp³-hybridized carbons (Fsp3) is 0.333. The highest BCUT2D eigenvalue weighted by atomic mass is 16.5. The van der Waals surface area contributed by atoms with E-state index in [1.165, 1.54) is 11.1 Å². The van der Waals surface area contributed by atoms with Gasteiger partial charge in [0.05, 0.1) is 13.0 Å². The highest BCUT2D eigenvalue weighted by Crippen LogP contribution is 2.26. The molecule has 4 heteroatoms. The Morgan fingerprint density at radius 2 is 1.64 bits per heavy atom. The first kappa shape index (κ1) is 17.2. The van der Waals surface area contributed by atoms with Gasteiger partial charge in [0, 0.05) is 5.56 Å². The van der Waals surface area contributed by atoms with E-state index < -0.39 is 0 Å². The molecule has 0 spiro atoms. The summed E-state index contributed by atoms with van der Waals surface area (Å²) in [6.45, 7) is 6.55. The average molecular weight is 336 g/mol. The molecule has 0 fully saturated rings. The molecule has 4 nitrogen and oxygen atoms in total. The van der Waals surface area contributed by atoms with Crippen molar-refractivity contribution in [1.29, 1.82) is 0 Å². The molecule has 1 atom stereocenters. The van der Waals surface area contributed by atoms with Gasteiger partial charge in [0.2, 0.25) is 11.7 Å². The lowest BCUT2D eigenvalue weighted by atomic mass is 9.97. The van der Waals surface area contributed by atoms with Crippen LogP contribution in [-0.4, -0.2) is 17.3 Å². The van der Waals surface area contributed by atoms with E-state index in [1.54, 1.807) is 7.11 Å². The Bertz CT molecular complexity index is 805. The molecule has 2 aromatic carbocycles. The number of hydrogen-bond donors (Lipinski definition) is 0. The van der Waals surface area contributed by atoms with Crippen molar-refractivity contribution < 1.29 is 9.26 Å². The first-order valence-corrected chi connectivity index (χ1v) is 8.63. The van der Waals surface area contributed by atoms with E-state index in [-0.39, 0.29) is 5.92 Å². The van der Waals surface area contributed by atoms with Gasteiger partial charge >= 0.3 is 0 Å². The maximum absolute atomic E-state index is 5.49. The number of hydrogen-bond acceptors (Lipinski definition) is 4. The molecular formula is C21H24N2O2. The molecule has 0 saturated heterocycles. The van der Waals surface area contributed by atoms with E-state index in [0.29, 0.717) is 17.6 Å². The number of rotatable bonds is 6. The topological polar surface area (TPSA) is 48.2 Å². The molecule has 0 N–H and O–H groups in total. The predicted octanol–water partition coefficient (Wildman–Crippen LogP) is 5.10. The first-order chi connectivity index (χ1) is 12.1. The Labute approximate surface area is 148 Å². The van der Waals surface area contributed by atoms with Crippen LogP contribution in [0, 0.1) is 5.92 Å². The van der Waals surface area contributed by atoms with E-state index in [4.69, 9.17) is 9.26 Å². The summed E-state index contributed by atoms with van der Waals surface area (Å²) in [6, 6.07) is 16.3. The van der Waals surface area contributed by atoms with Crippen molar-refractivity contribution in [2.24, 2.45) is 5.92 Å². The zero-order valence-corrected chi connectivity index (χ0v) is 15.2. The Balaban J connectivity index is 1.76. The monoisotopic (exact) mass is 336 g/mol. The minimum Gasteiger partial charge on any atom is -0.497 e. The van der Waals surface area contributed by atoms with Crippen molar-refractivity contribution in [3.8, 4) is 17.1 Å². The van der Waals surface area contributed by atoms with Crippen LogP contribution in [0.25, 0.3) is 11.4 Å². The largest absolute Gasteiger partial charge is 0.497 e. The van der Waals surface area contributed by atoms with Crippen molar-refractivity contribution in [2.45, 2.75) is 33.1 Å². The second-order valence-electron chi connectivity index (χ2n) is 6.75. The molecule has 0 aliphatic carbocycles. The van der Waals surface area contributed by atoms with E-state index in [1.807, 2.05) is 24.3 Å². The summed E-state index contributed by atoms with van der Waals surface area (Å²) in [5.74, 6) is 2.75. The van der Waals surface area contributed by atoms with Crippen molar-refractivity contribution in [1.82, 2.24) is 10.1 Å². The summed E-state index contributed by atoms with van der Waals surface area (Å²) in [5, 5.41) is 4.12. The summed E-state index contributed by atoms with van der Waals surface area (Å²) in [7, 11) is 1.65. The summed E-state index contributed by atoms with van der Waals surface area (Å²) in [5.41, 5.74) is 3.45. The molecule has 1 heterocycles. The summed E-state index contributed by atoms with van der Waals surface area (Å²) in [6.07, 6.45) is 1.09. The van der Waals surface area contributed by atoms with E-state index >= 15 is 0 Å². The molecule has 1 aromatic heterocycles. The molecule has 0 saturated carbocycles. The maximum atomic E-state index is 5.49. The van der Waals surface area contributed by atoms with E-state index in [9.17, 15) is 0 Å². The zero-order chi connectivity index (χ0) is 17.8. The van der Waals surface area contributed by atoms with Crippen LogP contribution in [0.2, 0.25) is 0 Å². The summed E-state index contributed by atoms with van der Waals surface area (Å²) in [4.78, 5) is 4.56. The number of benzene rings is 2. The van der Waals surface area contributed by atoms with Crippen LogP contribution in [0.5, 0.6) is 5.75 Å². The molecule has 0 aliphatic rings. The van der Waals surface area contributed by atoms with Gasteiger partial charge in [0.1, 0.15) is 5.75 Å². The average Bonchev–Trinajstić information content (AvgIpc) is 3.11. The number of methoxy groups -OCH3 is 1. The first-order valence-electron chi connectivity index (χ1n) is 8.63. The molecule has 3 aromatic rings. The van der Waals surface area contributed by atoms with Gasteiger partial charge in [-0.15, -0.1) is 0 Å². The van der Waals surface area contributed by atoms with Gasteiger partial charge in [-0.2, -0.15) is 4.98 Å². The van der Waals surface area contributed by atoms with Gasteiger partial charge in [0.25, 0.3) is 0 Å². The smallest absolute Gasteiger partial charge is 0.234 e. The number of ether oxygens (including phenoxy) is 1. The predicted molar refractivity (Wildman–Crippen MR) is 98.8 cm³/mol. The van der Waals surface area contributed by atoms with Crippen molar-refractivity contribution >= 4 is 0 Å². The van der Waals surface area contributed by atoms with Gasteiger partial charge in [-0.05, 0) is 54.7 Å². The highest BCUT2D eigenvalue weighted by Gasteiger charge is 2.17. The van der Waals surface area contributed by atoms with Crippen LogP contribution in [0.15, 0.2) is 53.1 Å². The standard InChI is InChI=1S/C21H24N2O2/c1-14(2)13-16-5-7-17(8-6-16)15(3)21-22-20(23-25-21)18-9-11-19(24-4)12-10-18/h5-12,14-15H,13H2,1-4H3. The SMILES string of the molecule is COc1ccc(-c2noc(C(C)c3ccc(CC(C)C)cc3)n2)cc1. The third-order valence-electron chi connectivity index (χ3n) is 4.28. The fourth-order valence-electron chi connectivity index (χ4n) is 2.82. The molecule has 0 amide bonds. The van der Waals surface area contributed by atoms with Crippen LogP contribution < -0.4 is 4.74 Å². The van der Waals surface area contributed by atoms with Crippen molar-refractivity contribution in [3.05, 3.63) is 65.5 Å². The fourth-order valence-corrected chi connectivity index (χ4v) is 2.82. The maximum Gasteiger partial charge on any atom is 0.234 e. The molecule has 3 rings (SSSR count). The summed E-state index contributed by atoms with van der Waals surface area (Å²) < 4.78 is 10.7. The quantitative estimate of drug-likeness (QED) is 0.628. The lowest BCUT2D eigenvalue weighted by Crippen LogP contribution is -1.98. The van der Waals surface area contributed by atoms with Crippen molar-refractivity contribution in [3.63, 3.8) is 0 Å². The molecule has 0 bridgehead atoms.